The zero-order chi connectivity index (χ0) is 18.0. The molecule has 0 unspecified atom stereocenters. The number of rotatable bonds is 5. The molecule has 5 nitrogen and oxygen atoms in total. The first kappa shape index (κ1) is 17.3. The summed E-state index contributed by atoms with van der Waals surface area (Å²) in [6.07, 6.45) is 5.35. The van der Waals surface area contributed by atoms with E-state index in [0.717, 1.165) is 12.1 Å². The summed E-state index contributed by atoms with van der Waals surface area (Å²) in [5.41, 5.74) is 3.61. The Morgan fingerprint density at radius 3 is 2.80 bits per heavy atom. The standard InChI is InChI=1S/C20H24N2O3/c1-5-22(15-10-14(2)11-20(3,4)12-15)18(23)13-24-19-21-16-8-6-7-9-17(16)25-19/h6-10,12H,5,11,13H2,1-4H3. The van der Waals surface area contributed by atoms with Gasteiger partial charge >= 0.3 is 6.08 Å². The maximum atomic E-state index is 12.6. The number of para-hydroxylation sites is 2. The van der Waals surface area contributed by atoms with Crippen molar-refractivity contribution < 1.29 is 13.9 Å². The fraction of sp³-hybridized carbons (Fsp3) is 0.400. The average Bonchev–Trinajstić information content (AvgIpc) is 2.94. The van der Waals surface area contributed by atoms with Crippen LogP contribution in [0.25, 0.3) is 11.1 Å². The van der Waals surface area contributed by atoms with Gasteiger partial charge in [-0.25, -0.2) is 0 Å². The van der Waals surface area contributed by atoms with Gasteiger partial charge in [-0.05, 0) is 43.9 Å². The first-order valence-electron chi connectivity index (χ1n) is 8.57. The van der Waals surface area contributed by atoms with Crippen LogP contribution in [0.4, 0.5) is 0 Å². The smallest absolute Gasteiger partial charge is 0.395 e. The summed E-state index contributed by atoms with van der Waals surface area (Å²) in [5.74, 6) is -0.113. The Bertz CT molecular complexity index is 812. The molecule has 0 bridgehead atoms. The van der Waals surface area contributed by atoms with Crippen LogP contribution in [0.2, 0.25) is 0 Å². The molecule has 0 saturated carbocycles. The molecule has 1 amide bonds. The van der Waals surface area contributed by atoms with Crippen molar-refractivity contribution in [3.8, 4) is 6.08 Å². The van der Waals surface area contributed by atoms with E-state index in [9.17, 15) is 4.79 Å². The molecule has 2 aromatic rings. The number of benzene rings is 1. The topological polar surface area (TPSA) is 55.6 Å². The van der Waals surface area contributed by atoms with Gasteiger partial charge in [0.2, 0.25) is 0 Å². The third kappa shape index (κ3) is 3.92. The van der Waals surface area contributed by atoms with Crippen LogP contribution in [0.5, 0.6) is 6.08 Å². The van der Waals surface area contributed by atoms with E-state index in [2.05, 4.69) is 37.9 Å². The van der Waals surface area contributed by atoms with E-state index >= 15 is 0 Å². The van der Waals surface area contributed by atoms with Crippen molar-refractivity contribution in [3.05, 3.63) is 47.7 Å². The van der Waals surface area contributed by atoms with E-state index in [-0.39, 0.29) is 24.0 Å². The SMILES string of the molecule is CCN(C(=O)COc1nc2ccccc2o1)C1=CC(C)(C)CC(C)=C1. The van der Waals surface area contributed by atoms with Crippen LogP contribution in [0, 0.1) is 5.41 Å². The summed E-state index contributed by atoms with van der Waals surface area (Å²) >= 11 is 0. The molecule has 0 fully saturated rings. The summed E-state index contributed by atoms with van der Waals surface area (Å²) in [6.45, 7) is 8.89. The highest BCUT2D eigenvalue weighted by Gasteiger charge is 2.25. The zero-order valence-corrected chi connectivity index (χ0v) is 15.2. The van der Waals surface area contributed by atoms with E-state index in [1.165, 1.54) is 5.57 Å². The molecule has 0 spiro atoms. The number of amides is 1. The lowest BCUT2D eigenvalue weighted by molar-refractivity contribution is -0.131. The molecule has 0 radical (unpaired) electrons. The van der Waals surface area contributed by atoms with E-state index in [1.807, 2.05) is 31.2 Å². The number of allylic oxidation sites excluding steroid dienone is 3. The molecule has 3 rings (SSSR count). The highest BCUT2D eigenvalue weighted by Crippen LogP contribution is 2.34. The Labute approximate surface area is 148 Å². The Morgan fingerprint density at radius 2 is 2.12 bits per heavy atom. The molecule has 1 aliphatic rings. The number of ether oxygens (including phenoxy) is 1. The molecular weight excluding hydrogens is 316 g/mol. The van der Waals surface area contributed by atoms with E-state index in [4.69, 9.17) is 9.15 Å². The largest absolute Gasteiger partial charge is 0.440 e. The minimum Gasteiger partial charge on any atom is -0.440 e. The number of carbonyl (C=O) groups excluding carboxylic acids is 1. The average molecular weight is 340 g/mol. The summed E-state index contributed by atoms with van der Waals surface area (Å²) in [6, 6.07) is 7.41. The van der Waals surface area contributed by atoms with Crippen LogP contribution in [0.15, 0.2) is 52.1 Å². The van der Waals surface area contributed by atoms with Crippen molar-refractivity contribution in [2.75, 3.05) is 13.2 Å². The number of aromatic nitrogens is 1. The van der Waals surface area contributed by atoms with Crippen molar-refractivity contribution in [2.45, 2.75) is 34.1 Å². The lowest BCUT2D eigenvalue weighted by Gasteiger charge is -2.31. The predicted octanol–water partition coefficient (Wildman–Crippen LogP) is 4.32. The Balaban J connectivity index is 1.71. The van der Waals surface area contributed by atoms with Crippen molar-refractivity contribution >= 4 is 17.0 Å². The monoisotopic (exact) mass is 340 g/mol. The molecule has 1 aromatic carbocycles. The number of nitrogens with zero attached hydrogens (tertiary/aromatic N) is 2. The summed E-state index contributed by atoms with van der Waals surface area (Å²) in [7, 11) is 0. The quantitative estimate of drug-likeness (QED) is 0.813. The highest BCUT2D eigenvalue weighted by atomic mass is 16.6. The second-order valence-corrected chi connectivity index (χ2v) is 7.10. The van der Waals surface area contributed by atoms with Gasteiger partial charge in [-0.15, -0.1) is 0 Å². The third-order valence-corrected chi connectivity index (χ3v) is 4.19. The van der Waals surface area contributed by atoms with Crippen molar-refractivity contribution in [3.63, 3.8) is 0 Å². The van der Waals surface area contributed by atoms with E-state index in [1.54, 1.807) is 4.90 Å². The number of oxazole rings is 1. The van der Waals surface area contributed by atoms with Crippen molar-refractivity contribution in [1.29, 1.82) is 0 Å². The Kier molecular flexibility index (Phi) is 4.66. The first-order chi connectivity index (χ1) is 11.9. The first-order valence-corrected chi connectivity index (χ1v) is 8.57. The molecular formula is C20H24N2O3. The molecule has 132 valence electrons. The van der Waals surface area contributed by atoms with Crippen LogP contribution in [0.1, 0.15) is 34.1 Å². The Hall–Kier alpha value is -2.56. The third-order valence-electron chi connectivity index (χ3n) is 4.19. The van der Waals surface area contributed by atoms with Gasteiger partial charge < -0.3 is 14.1 Å². The van der Waals surface area contributed by atoms with Crippen LogP contribution >= 0.6 is 0 Å². The molecule has 25 heavy (non-hydrogen) atoms. The van der Waals surface area contributed by atoms with Gasteiger partial charge in [0.1, 0.15) is 5.52 Å². The number of fused-ring (bicyclic) bond motifs is 1. The fourth-order valence-corrected chi connectivity index (χ4v) is 3.29. The second-order valence-electron chi connectivity index (χ2n) is 7.10. The van der Waals surface area contributed by atoms with Gasteiger partial charge in [0, 0.05) is 12.2 Å². The van der Waals surface area contributed by atoms with Gasteiger partial charge in [0.25, 0.3) is 5.91 Å². The minimum absolute atomic E-state index is 0.0447. The van der Waals surface area contributed by atoms with Crippen LogP contribution in [-0.4, -0.2) is 28.9 Å². The lowest BCUT2D eigenvalue weighted by atomic mass is 9.81. The van der Waals surface area contributed by atoms with Gasteiger partial charge in [-0.2, -0.15) is 4.98 Å². The lowest BCUT2D eigenvalue weighted by Crippen LogP contribution is -2.35. The highest BCUT2D eigenvalue weighted by molar-refractivity contribution is 5.80. The van der Waals surface area contributed by atoms with Gasteiger partial charge in [-0.1, -0.05) is 37.6 Å². The van der Waals surface area contributed by atoms with Gasteiger partial charge in [-0.3, -0.25) is 4.79 Å². The number of carbonyl (C=O) groups is 1. The predicted molar refractivity (Wildman–Crippen MR) is 97.1 cm³/mol. The molecule has 1 heterocycles. The van der Waals surface area contributed by atoms with Crippen molar-refractivity contribution in [2.24, 2.45) is 5.41 Å². The number of hydrogen-bond acceptors (Lipinski definition) is 4. The van der Waals surface area contributed by atoms with Crippen LogP contribution < -0.4 is 4.74 Å². The molecule has 1 aromatic heterocycles. The molecule has 0 N–H and O–H groups in total. The zero-order valence-electron chi connectivity index (χ0n) is 15.2. The maximum absolute atomic E-state index is 12.6. The number of likely N-dealkylation sites (N-methyl/N-ethyl adjacent to an activating group) is 1. The number of hydrogen-bond donors (Lipinski definition) is 0. The van der Waals surface area contributed by atoms with E-state index in [0.29, 0.717) is 17.6 Å². The minimum atomic E-state index is -0.113. The molecule has 0 saturated heterocycles. The fourth-order valence-electron chi connectivity index (χ4n) is 3.29. The maximum Gasteiger partial charge on any atom is 0.395 e. The van der Waals surface area contributed by atoms with Crippen LogP contribution in [-0.2, 0) is 4.79 Å². The molecule has 5 heteroatoms. The normalized spacial score (nSPS) is 16.3. The van der Waals surface area contributed by atoms with Crippen molar-refractivity contribution in [1.82, 2.24) is 9.88 Å². The molecule has 0 atom stereocenters. The molecule has 1 aliphatic carbocycles. The Morgan fingerprint density at radius 1 is 1.36 bits per heavy atom. The summed E-state index contributed by atoms with van der Waals surface area (Å²) in [4.78, 5) is 18.6. The molecule has 0 aliphatic heterocycles. The van der Waals surface area contributed by atoms with Gasteiger partial charge in [0.05, 0.1) is 0 Å². The summed E-state index contributed by atoms with van der Waals surface area (Å²) < 4.78 is 11.0. The van der Waals surface area contributed by atoms with Gasteiger partial charge in [0.15, 0.2) is 12.2 Å². The summed E-state index contributed by atoms with van der Waals surface area (Å²) in [5, 5.41) is 0. The second kappa shape index (κ2) is 6.75. The van der Waals surface area contributed by atoms with Crippen LogP contribution in [0.3, 0.4) is 0 Å². The van der Waals surface area contributed by atoms with E-state index < -0.39 is 0 Å².